The van der Waals surface area contributed by atoms with Gasteiger partial charge in [-0.1, -0.05) is 26.7 Å². The molecule has 1 heterocycles. The van der Waals surface area contributed by atoms with Gasteiger partial charge >= 0.3 is 5.97 Å². The van der Waals surface area contributed by atoms with Crippen LogP contribution in [-0.2, 0) is 4.79 Å². The lowest BCUT2D eigenvalue weighted by Crippen LogP contribution is -2.32. The lowest BCUT2D eigenvalue weighted by Gasteiger charge is -2.23. The summed E-state index contributed by atoms with van der Waals surface area (Å²) in [6, 6.07) is 0.672. The van der Waals surface area contributed by atoms with Gasteiger partial charge in [-0.3, -0.25) is 9.69 Å². The van der Waals surface area contributed by atoms with Gasteiger partial charge in [-0.25, -0.2) is 0 Å². The Bertz CT molecular complexity index is 259. The fourth-order valence-electron chi connectivity index (χ4n) is 3.36. The van der Waals surface area contributed by atoms with Crippen molar-refractivity contribution in [1.82, 2.24) is 4.90 Å². The predicted molar refractivity (Wildman–Crippen MR) is 63.3 cm³/mol. The van der Waals surface area contributed by atoms with Gasteiger partial charge in [0, 0.05) is 19.1 Å². The summed E-state index contributed by atoms with van der Waals surface area (Å²) in [6.07, 6.45) is 5.20. The standard InChI is InChI=1S/C13H23NO2/c1-9(2)11-7-14(8-12(11)13(15)16)10-5-3-4-6-10/h9-12H,3-8H2,1-2H3,(H,15,16)/t11-,12+/m0/s1. The summed E-state index contributed by atoms with van der Waals surface area (Å²) in [4.78, 5) is 13.7. The second-order valence-corrected chi connectivity index (χ2v) is 5.74. The van der Waals surface area contributed by atoms with Crippen LogP contribution in [0.25, 0.3) is 0 Å². The summed E-state index contributed by atoms with van der Waals surface area (Å²) in [5, 5.41) is 9.27. The molecule has 3 heteroatoms. The molecule has 1 N–H and O–H groups in total. The van der Waals surface area contributed by atoms with Crippen LogP contribution in [0.2, 0.25) is 0 Å². The molecule has 1 saturated carbocycles. The summed E-state index contributed by atoms with van der Waals surface area (Å²) >= 11 is 0. The van der Waals surface area contributed by atoms with Crippen molar-refractivity contribution in [3.05, 3.63) is 0 Å². The highest BCUT2D eigenvalue weighted by Crippen LogP contribution is 2.34. The van der Waals surface area contributed by atoms with Crippen molar-refractivity contribution >= 4 is 5.97 Å². The van der Waals surface area contributed by atoms with E-state index < -0.39 is 5.97 Å². The molecule has 0 amide bonds. The third-order valence-corrected chi connectivity index (χ3v) is 4.41. The Morgan fingerprint density at radius 2 is 1.88 bits per heavy atom. The van der Waals surface area contributed by atoms with E-state index in [0.717, 1.165) is 13.1 Å². The van der Waals surface area contributed by atoms with Crippen LogP contribution in [0.1, 0.15) is 39.5 Å². The smallest absolute Gasteiger partial charge is 0.308 e. The molecule has 0 aromatic heterocycles. The Morgan fingerprint density at radius 1 is 1.25 bits per heavy atom. The maximum Gasteiger partial charge on any atom is 0.308 e. The Labute approximate surface area is 97.8 Å². The average molecular weight is 225 g/mol. The van der Waals surface area contributed by atoms with E-state index in [0.29, 0.717) is 17.9 Å². The Morgan fingerprint density at radius 3 is 2.31 bits per heavy atom. The molecule has 2 fully saturated rings. The molecule has 0 radical (unpaired) electrons. The highest BCUT2D eigenvalue weighted by molar-refractivity contribution is 5.71. The normalized spacial score (nSPS) is 32.7. The van der Waals surface area contributed by atoms with Crippen LogP contribution in [0.3, 0.4) is 0 Å². The fraction of sp³-hybridized carbons (Fsp3) is 0.923. The number of rotatable bonds is 3. The molecule has 2 rings (SSSR count). The lowest BCUT2D eigenvalue weighted by molar-refractivity contribution is -0.143. The largest absolute Gasteiger partial charge is 0.481 e. The SMILES string of the molecule is CC(C)[C@@H]1CN(C2CCCC2)C[C@H]1C(=O)O. The molecule has 92 valence electrons. The van der Waals surface area contributed by atoms with Gasteiger partial charge in [-0.05, 0) is 24.7 Å². The number of carboxylic acid groups (broad SMARTS) is 1. The Balaban J connectivity index is 2.02. The average Bonchev–Trinajstić information content (AvgIpc) is 2.86. The molecule has 1 aliphatic carbocycles. The van der Waals surface area contributed by atoms with Crippen LogP contribution in [0.5, 0.6) is 0 Å². The van der Waals surface area contributed by atoms with Crippen LogP contribution in [0.15, 0.2) is 0 Å². The van der Waals surface area contributed by atoms with E-state index in [2.05, 4.69) is 18.7 Å². The first-order chi connectivity index (χ1) is 7.59. The van der Waals surface area contributed by atoms with Crippen molar-refractivity contribution in [3.8, 4) is 0 Å². The van der Waals surface area contributed by atoms with Crippen molar-refractivity contribution in [2.24, 2.45) is 17.8 Å². The van der Waals surface area contributed by atoms with Crippen LogP contribution < -0.4 is 0 Å². The number of hydrogen-bond donors (Lipinski definition) is 1. The van der Waals surface area contributed by atoms with Gasteiger partial charge in [0.25, 0.3) is 0 Å². The minimum Gasteiger partial charge on any atom is -0.481 e. The molecule has 3 nitrogen and oxygen atoms in total. The molecule has 2 aliphatic rings. The summed E-state index contributed by atoms with van der Waals surface area (Å²) in [5.41, 5.74) is 0. The quantitative estimate of drug-likeness (QED) is 0.800. The molecule has 2 atom stereocenters. The molecule has 0 aromatic rings. The monoisotopic (exact) mass is 225 g/mol. The fourth-order valence-corrected chi connectivity index (χ4v) is 3.36. The third kappa shape index (κ3) is 2.24. The van der Waals surface area contributed by atoms with Gasteiger partial charge in [-0.2, -0.15) is 0 Å². The first kappa shape index (κ1) is 11.9. The predicted octanol–water partition coefficient (Wildman–Crippen LogP) is 2.22. The van der Waals surface area contributed by atoms with E-state index in [9.17, 15) is 9.90 Å². The highest BCUT2D eigenvalue weighted by Gasteiger charge is 2.41. The zero-order chi connectivity index (χ0) is 11.7. The van der Waals surface area contributed by atoms with Gasteiger partial charge < -0.3 is 5.11 Å². The van der Waals surface area contributed by atoms with E-state index in [4.69, 9.17) is 0 Å². The summed E-state index contributed by atoms with van der Waals surface area (Å²) in [7, 11) is 0. The van der Waals surface area contributed by atoms with E-state index in [-0.39, 0.29) is 5.92 Å². The molecule has 1 aliphatic heterocycles. The van der Waals surface area contributed by atoms with Gasteiger partial charge in [0.15, 0.2) is 0 Å². The number of carboxylic acids is 1. The zero-order valence-electron chi connectivity index (χ0n) is 10.4. The molecule has 16 heavy (non-hydrogen) atoms. The van der Waals surface area contributed by atoms with Gasteiger partial charge in [0.05, 0.1) is 5.92 Å². The number of carbonyl (C=O) groups is 1. The topological polar surface area (TPSA) is 40.5 Å². The van der Waals surface area contributed by atoms with Crippen molar-refractivity contribution in [3.63, 3.8) is 0 Å². The summed E-state index contributed by atoms with van der Waals surface area (Å²) in [6.45, 7) is 6.08. The van der Waals surface area contributed by atoms with Gasteiger partial charge in [0.1, 0.15) is 0 Å². The Hall–Kier alpha value is -0.570. The number of aliphatic carboxylic acids is 1. The number of hydrogen-bond acceptors (Lipinski definition) is 2. The van der Waals surface area contributed by atoms with Crippen molar-refractivity contribution in [2.45, 2.75) is 45.6 Å². The van der Waals surface area contributed by atoms with Crippen LogP contribution in [0, 0.1) is 17.8 Å². The van der Waals surface area contributed by atoms with E-state index >= 15 is 0 Å². The minimum atomic E-state index is -0.598. The molecule has 0 unspecified atom stereocenters. The maximum atomic E-state index is 11.3. The zero-order valence-corrected chi connectivity index (χ0v) is 10.4. The Kier molecular flexibility index (Phi) is 3.53. The van der Waals surface area contributed by atoms with Crippen LogP contribution in [-0.4, -0.2) is 35.1 Å². The first-order valence-corrected chi connectivity index (χ1v) is 6.56. The molecular formula is C13H23NO2. The summed E-state index contributed by atoms with van der Waals surface area (Å²) < 4.78 is 0. The second-order valence-electron chi connectivity index (χ2n) is 5.74. The lowest BCUT2D eigenvalue weighted by atomic mass is 9.86. The molecular weight excluding hydrogens is 202 g/mol. The molecule has 0 bridgehead atoms. The molecule has 1 saturated heterocycles. The van der Waals surface area contributed by atoms with Crippen LogP contribution >= 0.6 is 0 Å². The second kappa shape index (κ2) is 4.74. The van der Waals surface area contributed by atoms with E-state index in [1.807, 2.05) is 0 Å². The van der Waals surface area contributed by atoms with Crippen molar-refractivity contribution < 1.29 is 9.90 Å². The number of likely N-dealkylation sites (tertiary alicyclic amines) is 1. The van der Waals surface area contributed by atoms with Crippen molar-refractivity contribution in [1.29, 1.82) is 0 Å². The van der Waals surface area contributed by atoms with Crippen molar-refractivity contribution in [2.75, 3.05) is 13.1 Å². The molecule has 0 aromatic carbocycles. The third-order valence-electron chi connectivity index (χ3n) is 4.41. The van der Waals surface area contributed by atoms with E-state index in [1.54, 1.807) is 0 Å². The van der Waals surface area contributed by atoms with Gasteiger partial charge in [0.2, 0.25) is 0 Å². The first-order valence-electron chi connectivity index (χ1n) is 6.56. The maximum absolute atomic E-state index is 11.3. The molecule has 0 spiro atoms. The number of nitrogens with zero attached hydrogens (tertiary/aromatic N) is 1. The minimum absolute atomic E-state index is 0.138. The van der Waals surface area contributed by atoms with Gasteiger partial charge in [-0.15, -0.1) is 0 Å². The summed E-state index contributed by atoms with van der Waals surface area (Å²) in [5.74, 6) is 0.0883. The van der Waals surface area contributed by atoms with E-state index in [1.165, 1.54) is 25.7 Å². The highest BCUT2D eigenvalue weighted by atomic mass is 16.4. The van der Waals surface area contributed by atoms with Crippen LogP contribution in [0.4, 0.5) is 0 Å².